The van der Waals surface area contributed by atoms with Gasteiger partial charge in [0.25, 0.3) is 17.7 Å². The third-order valence-corrected chi connectivity index (χ3v) is 10.1. The van der Waals surface area contributed by atoms with Gasteiger partial charge in [0, 0.05) is 50.0 Å². The fourth-order valence-corrected chi connectivity index (χ4v) is 7.53. The third kappa shape index (κ3) is 5.66. The van der Waals surface area contributed by atoms with Crippen LogP contribution in [0, 0.1) is 5.92 Å². The molecule has 14 heteroatoms. The van der Waals surface area contributed by atoms with E-state index in [1.54, 1.807) is 36.7 Å². The summed E-state index contributed by atoms with van der Waals surface area (Å²) in [7, 11) is 0. The Bertz CT molecular complexity index is 1810. The molecule has 3 fully saturated rings. The number of primary amides is 1. The summed E-state index contributed by atoms with van der Waals surface area (Å²) in [6.45, 7) is 5.48. The first-order valence-corrected chi connectivity index (χ1v) is 16.2. The molecule has 1 aromatic carbocycles. The first kappa shape index (κ1) is 31.4. The molecule has 2 aromatic heterocycles. The number of anilines is 3. The molecule has 14 nitrogen and oxygen atoms in total. The minimum Gasteiger partial charge on any atom is -0.364 e. The van der Waals surface area contributed by atoms with Crippen LogP contribution in [0.1, 0.15) is 75.4 Å². The lowest BCUT2D eigenvalue weighted by molar-refractivity contribution is -0.136. The van der Waals surface area contributed by atoms with Crippen molar-refractivity contribution in [2.24, 2.45) is 11.7 Å². The maximum absolute atomic E-state index is 13.5. The Morgan fingerprint density at radius 1 is 1.00 bits per heavy atom. The van der Waals surface area contributed by atoms with Crippen LogP contribution in [-0.2, 0) is 9.59 Å². The summed E-state index contributed by atoms with van der Waals surface area (Å²) in [5, 5.41) is 12.7. The fraction of sp³-hybridized carbons (Fsp3) is 0.382. The third-order valence-electron chi connectivity index (χ3n) is 10.1. The van der Waals surface area contributed by atoms with Gasteiger partial charge in [-0.05, 0) is 74.5 Å². The number of piperazine rings is 1. The predicted molar refractivity (Wildman–Crippen MR) is 175 cm³/mol. The Hall–Kier alpha value is -5.21. The van der Waals surface area contributed by atoms with Gasteiger partial charge in [0.05, 0.1) is 28.6 Å². The van der Waals surface area contributed by atoms with Crippen LogP contribution < -0.4 is 31.9 Å². The smallest absolute Gasteiger partial charge is 0.267 e. The van der Waals surface area contributed by atoms with Crippen molar-refractivity contribution < 1.29 is 24.0 Å². The molecule has 0 spiro atoms. The summed E-state index contributed by atoms with van der Waals surface area (Å²) in [5.41, 5.74) is 8.45. The van der Waals surface area contributed by atoms with Gasteiger partial charge in [-0.3, -0.25) is 34.2 Å². The average Bonchev–Trinajstić information content (AvgIpc) is 3.33. The standard InChI is InChI=1S/C34H37N9O5/c1-34(18-36-12-13-42(34)22-9-11-38-28(16-22)40-21-3-5-25(30(35)45)39-17-21)20-8-10-37-26(15-20)19-2-4-23-24(14-19)33(48)43(32(23)47)27-6-7-29(44)41-31(27)46/h2-5,9,11,14,16-17,20,26-27,36-37H,6-8,10,12-13,15,18H2,1H3,(H2,35,45)(H,38,40)(H,41,44,46)/t20-,26-,27-,34+/m0/s1. The monoisotopic (exact) mass is 651 g/mol. The Labute approximate surface area is 276 Å². The van der Waals surface area contributed by atoms with Gasteiger partial charge < -0.3 is 26.6 Å². The summed E-state index contributed by atoms with van der Waals surface area (Å²) in [4.78, 5) is 74.4. The van der Waals surface area contributed by atoms with Crippen LogP contribution in [0.5, 0.6) is 0 Å². The first-order valence-electron chi connectivity index (χ1n) is 16.2. The fourth-order valence-electron chi connectivity index (χ4n) is 7.53. The van der Waals surface area contributed by atoms with Gasteiger partial charge in [-0.1, -0.05) is 6.07 Å². The highest BCUT2D eigenvalue weighted by Crippen LogP contribution is 2.41. The number of aromatic nitrogens is 2. The zero-order valence-electron chi connectivity index (χ0n) is 26.5. The number of benzene rings is 1. The lowest BCUT2D eigenvalue weighted by atomic mass is 9.73. The molecule has 48 heavy (non-hydrogen) atoms. The second-order valence-electron chi connectivity index (χ2n) is 13.0. The lowest BCUT2D eigenvalue weighted by Gasteiger charge is -2.53. The van der Waals surface area contributed by atoms with Crippen LogP contribution in [0.2, 0.25) is 0 Å². The Morgan fingerprint density at radius 2 is 1.83 bits per heavy atom. The Morgan fingerprint density at radius 3 is 2.60 bits per heavy atom. The van der Waals surface area contributed by atoms with Crippen molar-refractivity contribution in [3.8, 4) is 0 Å². The number of carbonyl (C=O) groups is 5. The van der Waals surface area contributed by atoms with Crippen LogP contribution in [-0.4, -0.2) is 82.2 Å². The SMILES string of the molecule is C[C@]1([C@H]2CCN[C@H](c3ccc4c(c3)C(=O)N([C@H]3CCC(=O)NC3=O)C4=O)C2)CNCCN1c1ccnc(Nc2ccc(C(N)=O)nc2)c1. The topological polar surface area (TPSA) is 192 Å². The van der Waals surface area contributed by atoms with Crippen LogP contribution in [0.3, 0.4) is 0 Å². The predicted octanol–water partition coefficient (Wildman–Crippen LogP) is 1.63. The number of piperidine rings is 2. The second kappa shape index (κ2) is 12.4. The summed E-state index contributed by atoms with van der Waals surface area (Å²) in [6.07, 6.45) is 5.28. The Balaban J connectivity index is 1.09. The van der Waals surface area contributed by atoms with E-state index in [0.29, 0.717) is 11.5 Å². The maximum Gasteiger partial charge on any atom is 0.267 e. The van der Waals surface area contributed by atoms with E-state index >= 15 is 0 Å². The number of nitrogens with two attached hydrogens (primary N) is 1. The molecule has 248 valence electrons. The van der Waals surface area contributed by atoms with Gasteiger partial charge in [0.15, 0.2) is 0 Å². The van der Waals surface area contributed by atoms with Gasteiger partial charge in [-0.2, -0.15) is 0 Å². The molecule has 0 unspecified atom stereocenters. The largest absolute Gasteiger partial charge is 0.364 e. The van der Waals surface area contributed by atoms with E-state index in [-0.39, 0.29) is 47.2 Å². The minimum absolute atomic E-state index is 0.0484. The molecule has 4 aliphatic rings. The quantitative estimate of drug-likeness (QED) is 0.233. The zero-order valence-corrected chi connectivity index (χ0v) is 26.5. The van der Waals surface area contributed by atoms with Crippen LogP contribution in [0.4, 0.5) is 17.2 Å². The molecule has 3 saturated heterocycles. The number of amides is 5. The molecular formula is C34H37N9O5. The van der Waals surface area contributed by atoms with Gasteiger partial charge in [-0.15, -0.1) is 0 Å². The summed E-state index contributed by atoms with van der Waals surface area (Å²) >= 11 is 0. The van der Waals surface area contributed by atoms with E-state index in [1.165, 1.54) is 0 Å². The molecule has 3 aromatic rings. The molecule has 7 rings (SSSR count). The number of hydrogen-bond donors (Lipinski definition) is 5. The van der Waals surface area contributed by atoms with E-state index < -0.39 is 35.6 Å². The molecule has 5 amide bonds. The number of rotatable bonds is 7. The van der Waals surface area contributed by atoms with Gasteiger partial charge in [0.2, 0.25) is 11.8 Å². The number of nitrogens with one attached hydrogen (secondary N) is 4. The van der Waals surface area contributed by atoms with E-state index in [1.807, 2.05) is 18.2 Å². The maximum atomic E-state index is 13.5. The van der Waals surface area contributed by atoms with Crippen LogP contribution in [0.15, 0.2) is 54.9 Å². The van der Waals surface area contributed by atoms with Crippen molar-refractivity contribution in [2.75, 3.05) is 36.4 Å². The number of nitrogens with zero attached hydrogens (tertiary/aromatic N) is 4. The summed E-state index contributed by atoms with van der Waals surface area (Å²) < 4.78 is 0. The first-order chi connectivity index (χ1) is 23.1. The molecule has 4 atom stereocenters. The van der Waals surface area contributed by atoms with Crippen molar-refractivity contribution in [3.63, 3.8) is 0 Å². The zero-order chi connectivity index (χ0) is 33.6. The highest BCUT2D eigenvalue weighted by atomic mass is 16.2. The molecule has 6 N–H and O–H groups in total. The van der Waals surface area contributed by atoms with E-state index in [2.05, 4.69) is 43.1 Å². The van der Waals surface area contributed by atoms with Crippen LogP contribution in [0.25, 0.3) is 0 Å². The molecule has 0 bridgehead atoms. The highest BCUT2D eigenvalue weighted by molar-refractivity contribution is 6.23. The van der Waals surface area contributed by atoms with Crippen molar-refractivity contribution in [1.29, 1.82) is 0 Å². The number of pyridine rings is 2. The van der Waals surface area contributed by atoms with Crippen molar-refractivity contribution in [3.05, 3.63) is 77.2 Å². The van der Waals surface area contributed by atoms with Gasteiger partial charge >= 0.3 is 0 Å². The van der Waals surface area contributed by atoms with Crippen LogP contribution >= 0.6 is 0 Å². The molecule has 6 heterocycles. The Kier molecular flexibility index (Phi) is 8.13. The molecule has 0 saturated carbocycles. The summed E-state index contributed by atoms with van der Waals surface area (Å²) in [5.74, 6) is -1.70. The minimum atomic E-state index is -0.997. The van der Waals surface area contributed by atoms with Crippen molar-refractivity contribution >= 4 is 46.7 Å². The second-order valence-corrected chi connectivity index (χ2v) is 13.0. The number of imide groups is 2. The van der Waals surface area contributed by atoms with E-state index in [9.17, 15) is 24.0 Å². The molecular weight excluding hydrogens is 614 g/mol. The molecule has 0 radical (unpaired) electrons. The number of carbonyl (C=O) groups excluding carboxylic acids is 5. The van der Waals surface area contributed by atoms with Gasteiger partial charge in [-0.25, -0.2) is 9.97 Å². The van der Waals surface area contributed by atoms with E-state index in [4.69, 9.17) is 5.73 Å². The van der Waals surface area contributed by atoms with Gasteiger partial charge in [0.1, 0.15) is 17.6 Å². The lowest BCUT2D eigenvalue weighted by Crippen LogP contribution is -2.64. The number of fused-ring (bicyclic) bond motifs is 1. The van der Waals surface area contributed by atoms with E-state index in [0.717, 1.165) is 55.2 Å². The van der Waals surface area contributed by atoms with Crippen molar-refractivity contribution in [1.82, 2.24) is 30.8 Å². The number of hydrogen-bond acceptors (Lipinski definition) is 11. The summed E-state index contributed by atoms with van der Waals surface area (Å²) in [6, 6.07) is 11.6. The highest BCUT2D eigenvalue weighted by Gasteiger charge is 2.46. The normalized spacial score (nSPS) is 25.9. The van der Waals surface area contributed by atoms with Crippen molar-refractivity contribution in [2.45, 2.75) is 50.2 Å². The molecule has 4 aliphatic heterocycles. The molecule has 0 aliphatic carbocycles. The average molecular weight is 652 g/mol.